The van der Waals surface area contributed by atoms with E-state index in [9.17, 15) is 0 Å². The zero-order chi connectivity index (χ0) is 6.91. The molecule has 0 aliphatic heterocycles. The van der Waals surface area contributed by atoms with Crippen molar-refractivity contribution in [2.45, 2.75) is 31.4 Å². The van der Waals surface area contributed by atoms with E-state index < -0.39 is 0 Å². The second-order valence-corrected chi connectivity index (χ2v) is 4.25. The first-order valence-electron chi connectivity index (χ1n) is 3.52. The summed E-state index contributed by atoms with van der Waals surface area (Å²) in [7, 11) is 0. The van der Waals surface area contributed by atoms with Crippen LogP contribution in [0.2, 0.25) is 0 Å². The molecule has 0 spiro atoms. The van der Waals surface area contributed by atoms with Crippen LogP contribution < -0.4 is 0 Å². The predicted octanol–water partition coefficient (Wildman–Crippen LogP) is 2.66. The third-order valence-corrected chi connectivity index (χ3v) is 2.26. The Morgan fingerprint density at radius 3 is 2.67 bits per heavy atom. The SMILES string of the molecule is CC1C=CC(C)(S)CC1. The first-order valence-corrected chi connectivity index (χ1v) is 3.97. The highest BCUT2D eigenvalue weighted by atomic mass is 32.1. The van der Waals surface area contributed by atoms with E-state index in [0.29, 0.717) is 0 Å². The molecule has 0 saturated carbocycles. The summed E-state index contributed by atoms with van der Waals surface area (Å²) in [5, 5.41) is 0. The molecule has 0 heterocycles. The van der Waals surface area contributed by atoms with E-state index in [2.05, 4.69) is 38.6 Å². The van der Waals surface area contributed by atoms with Gasteiger partial charge in [0.2, 0.25) is 0 Å². The van der Waals surface area contributed by atoms with Crippen molar-refractivity contribution in [1.29, 1.82) is 0 Å². The van der Waals surface area contributed by atoms with E-state index in [4.69, 9.17) is 0 Å². The van der Waals surface area contributed by atoms with Gasteiger partial charge in [0.1, 0.15) is 0 Å². The first kappa shape index (κ1) is 7.20. The third-order valence-electron chi connectivity index (χ3n) is 1.89. The molecule has 1 aliphatic carbocycles. The lowest BCUT2D eigenvalue weighted by molar-refractivity contribution is 0.531. The van der Waals surface area contributed by atoms with Crippen molar-refractivity contribution in [3.63, 3.8) is 0 Å². The molecule has 0 N–H and O–H groups in total. The molecule has 0 radical (unpaired) electrons. The molecule has 0 fully saturated rings. The third kappa shape index (κ3) is 2.05. The molecule has 52 valence electrons. The minimum atomic E-state index is 0.173. The van der Waals surface area contributed by atoms with Gasteiger partial charge in [-0.05, 0) is 25.7 Å². The Bertz CT molecular complexity index is 125. The van der Waals surface area contributed by atoms with Crippen molar-refractivity contribution in [1.82, 2.24) is 0 Å². The van der Waals surface area contributed by atoms with Crippen LogP contribution in [-0.2, 0) is 0 Å². The molecule has 0 aromatic heterocycles. The lowest BCUT2D eigenvalue weighted by Gasteiger charge is -2.25. The van der Waals surface area contributed by atoms with E-state index in [-0.39, 0.29) is 4.75 Å². The zero-order valence-electron chi connectivity index (χ0n) is 6.09. The maximum absolute atomic E-state index is 4.47. The Labute approximate surface area is 62.8 Å². The van der Waals surface area contributed by atoms with Gasteiger partial charge >= 0.3 is 0 Å². The number of rotatable bonds is 0. The van der Waals surface area contributed by atoms with Gasteiger partial charge in [0.15, 0.2) is 0 Å². The summed E-state index contributed by atoms with van der Waals surface area (Å²) in [6.45, 7) is 4.41. The van der Waals surface area contributed by atoms with Gasteiger partial charge in [0.05, 0.1) is 0 Å². The minimum Gasteiger partial charge on any atom is -0.169 e. The number of hydrogen-bond acceptors (Lipinski definition) is 1. The van der Waals surface area contributed by atoms with Crippen LogP contribution in [0.4, 0.5) is 0 Å². The average Bonchev–Trinajstić information content (AvgIpc) is 1.78. The molecule has 1 rings (SSSR count). The maximum Gasteiger partial charge on any atom is 0.0280 e. The van der Waals surface area contributed by atoms with Crippen LogP contribution in [0, 0.1) is 5.92 Å². The molecule has 0 amide bonds. The lowest BCUT2D eigenvalue weighted by atomic mass is 9.90. The van der Waals surface area contributed by atoms with E-state index in [0.717, 1.165) is 5.92 Å². The fourth-order valence-electron chi connectivity index (χ4n) is 1.07. The monoisotopic (exact) mass is 142 g/mol. The molecule has 0 bridgehead atoms. The minimum absolute atomic E-state index is 0.173. The predicted molar refractivity (Wildman–Crippen MR) is 44.9 cm³/mol. The number of allylic oxidation sites excluding steroid dienone is 1. The Balaban J connectivity index is 2.58. The first-order chi connectivity index (χ1) is 4.10. The Morgan fingerprint density at radius 2 is 2.33 bits per heavy atom. The quantitative estimate of drug-likeness (QED) is 0.390. The normalized spacial score (nSPS) is 43.2. The van der Waals surface area contributed by atoms with Crippen molar-refractivity contribution in [3.05, 3.63) is 12.2 Å². The van der Waals surface area contributed by atoms with Gasteiger partial charge < -0.3 is 0 Å². The van der Waals surface area contributed by atoms with Gasteiger partial charge in [0, 0.05) is 4.75 Å². The second kappa shape index (κ2) is 2.37. The summed E-state index contributed by atoms with van der Waals surface area (Å²) in [5.74, 6) is 0.769. The lowest BCUT2D eigenvalue weighted by Crippen LogP contribution is -2.18. The highest BCUT2D eigenvalue weighted by molar-refractivity contribution is 7.82. The van der Waals surface area contributed by atoms with Crippen LogP contribution in [0.5, 0.6) is 0 Å². The van der Waals surface area contributed by atoms with Gasteiger partial charge in [-0.2, -0.15) is 12.6 Å². The summed E-state index contributed by atoms with van der Waals surface area (Å²) in [5.41, 5.74) is 0. The molecule has 2 unspecified atom stereocenters. The van der Waals surface area contributed by atoms with Gasteiger partial charge in [-0.1, -0.05) is 19.1 Å². The smallest absolute Gasteiger partial charge is 0.0280 e. The number of thiol groups is 1. The molecule has 0 saturated heterocycles. The van der Waals surface area contributed by atoms with Crippen molar-refractivity contribution < 1.29 is 0 Å². The van der Waals surface area contributed by atoms with E-state index >= 15 is 0 Å². The highest BCUT2D eigenvalue weighted by Crippen LogP contribution is 2.29. The zero-order valence-corrected chi connectivity index (χ0v) is 6.99. The van der Waals surface area contributed by atoms with E-state index in [1.807, 2.05) is 0 Å². The summed E-state index contributed by atoms with van der Waals surface area (Å²) in [6.07, 6.45) is 6.98. The Kier molecular flexibility index (Phi) is 1.90. The maximum atomic E-state index is 4.47. The van der Waals surface area contributed by atoms with Crippen LogP contribution in [0.3, 0.4) is 0 Å². The van der Waals surface area contributed by atoms with E-state index in [1.165, 1.54) is 12.8 Å². The number of hydrogen-bond donors (Lipinski definition) is 1. The van der Waals surface area contributed by atoms with Crippen LogP contribution in [0.1, 0.15) is 26.7 Å². The highest BCUT2D eigenvalue weighted by Gasteiger charge is 2.19. The van der Waals surface area contributed by atoms with Gasteiger partial charge in [0.25, 0.3) is 0 Å². The summed E-state index contributed by atoms with van der Waals surface area (Å²) in [4.78, 5) is 0. The Morgan fingerprint density at radius 1 is 1.67 bits per heavy atom. The molecule has 2 atom stereocenters. The van der Waals surface area contributed by atoms with Crippen molar-refractivity contribution in [2.24, 2.45) is 5.92 Å². The summed E-state index contributed by atoms with van der Waals surface area (Å²) < 4.78 is 0.173. The second-order valence-electron chi connectivity index (χ2n) is 3.23. The fourth-order valence-corrected chi connectivity index (χ4v) is 1.29. The van der Waals surface area contributed by atoms with Crippen LogP contribution in [0.15, 0.2) is 12.2 Å². The van der Waals surface area contributed by atoms with Crippen molar-refractivity contribution in [3.8, 4) is 0 Å². The largest absolute Gasteiger partial charge is 0.169 e. The molecule has 0 aromatic carbocycles. The summed E-state index contributed by atoms with van der Waals surface area (Å²) >= 11 is 4.47. The molecule has 0 nitrogen and oxygen atoms in total. The average molecular weight is 142 g/mol. The van der Waals surface area contributed by atoms with Crippen molar-refractivity contribution >= 4 is 12.6 Å². The fraction of sp³-hybridized carbons (Fsp3) is 0.750. The van der Waals surface area contributed by atoms with Gasteiger partial charge in [-0.25, -0.2) is 0 Å². The van der Waals surface area contributed by atoms with Crippen LogP contribution >= 0.6 is 12.6 Å². The van der Waals surface area contributed by atoms with Gasteiger partial charge in [-0.15, -0.1) is 0 Å². The van der Waals surface area contributed by atoms with E-state index in [1.54, 1.807) is 0 Å². The van der Waals surface area contributed by atoms with Crippen molar-refractivity contribution in [2.75, 3.05) is 0 Å². The molecule has 1 heteroatoms. The standard InChI is InChI=1S/C8H14S/c1-7-3-5-8(2,9)6-4-7/h3,5,7,9H,4,6H2,1-2H3. The Hall–Kier alpha value is 0.0900. The molecular weight excluding hydrogens is 128 g/mol. The van der Waals surface area contributed by atoms with Gasteiger partial charge in [-0.3, -0.25) is 0 Å². The topological polar surface area (TPSA) is 0 Å². The molecule has 9 heavy (non-hydrogen) atoms. The summed E-state index contributed by atoms with van der Waals surface area (Å²) in [6, 6.07) is 0. The van der Waals surface area contributed by atoms with Crippen LogP contribution in [0.25, 0.3) is 0 Å². The molecule has 0 aromatic rings. The molecular formula is C8H14S. The molecule has 1 aliphatic rings. The van der Waals surface area contributed by atoms with Crippen LogP contribution in [-0.4, -0.2) is 4.75 Å².